The molecule has 160 valence electrons. The zero-order chi connectivity index (χ0) is 22.5. The van der Waals surface area contributed by atoms with Crippen molar-refractivity contribution in [2.45, 2.75) is 26.4 Å². The molecular formula is C22H22ClF3N2O2. The topological polar surface area (TPSA) is 68.2 Å². The monoisotopic (exact) mass is 438 g/mol. The van der Waals surface area contributed by atoms with Crippen LogP contribution >= 0.6 is 11.6 Å². The molecule has 0 radical (unpaired) electrons. The first-order valence-corrected chi connectivity index (χ1v) is 9.48. The van der Waals surface area contributed by atoms with Gasteiger partial charge in [0.1, 0.15) is 0 Å². The van der Waals surface area contributed by atoms with Gasteiger partial charge in [-0.15, -0.1) is 0 Å². The molecule has 0 bridgehead atoms. The molecule has 30 heavy (non-hydrogen) atoms. The minimum atomic E-state index is -4.50. The van der Waals surface area contributed by atoms with Crippen molar-refractivity contribution < 1.29 is 23.1 Å². The van der Waals surface area contributed by atoms with E-state index in [0.29, 0.717) is 12.2 Å². The largest absolute Gasteiger partial charge is 0.478 e. The summed E-state index contributed by atoms with van der Waals surface area (Å²) in [4.78, 5) is 11.1. The average molecular weight is 439 g/mol. The average Bonchev–Trinajstić information content (AvgIpc) is 2.98. The lowest BCUT2D eigenvalue weighted by molar-refractivity contribution is -0.137. The quantitative estimate of drug-likeness (QED) is 0.553. The summed E-state index contributed by atoms with van der Waals surface area (Å²) in [5.74, 6) is -1.16. The second-order valence-electron chi connectivity index (χ2n) is 6.57. The van der Waals surface area contributed by atoms with Crippen LogP contribution < -0.4 is 5.73 Å². The first-order chi connectivity index (χ1) is 14.1. The Morgan fingerprint density at radius 3 is 2.23 bits per heavy atom. The van der Waals surface area contributed by atoms with Gasteiger partial charge < -0.3 is 15.4 Å². The summed E-state index contributed by atoms with van der Waals surface area (Å²) in [7, 11) is 0. The number of halogens is 4. The van der Waals surface area contributed by atoms with Gasteiger partial charge in [0.05, 0.1) is 16.8 Å². The number of nitrogens with two attached hydrogens (primary N) is 1. The van der Waals surface area contributed by atoms with Crippen molar-refractivity contribution in [1.82, 2.24) is 4.57 Å². The van der Waals surface area contributed by atoms with Crippen molar-refractivity contribution in [3.05, 3.63) is 87.7 Å². The number of hydrogen-bond donors (Lipinski definition) is 2. The van der Waals surface area contributed by atoms with Crippen LogP contribution in [-0.4, -0.2) is 22.2 Å². The first kappa shape index (κ1) is 23.5. The molecule has 3 rings (SSSR count). The summed E-state index contributed by atoms with van der Waals surface area (Å²) in [6.45, 7) is 3.72. The lowest BCUT2D eigenvalue weighted by atomic mass is 10.1. The van der Waals surface area contributed by atoms with Crippen LogP contribution in [0.4, 0.5) is 13.2 Å². The van der Waals surface area contributed by atoms with Gasteiger partial charge in [-0.2, -0.15) is 13.2 Å². The number of para-hydroxylation sites is 1. The molecule has 0 amide bonds. The molecule has 4 nitrogen and oxygen atoms in total. The fourth-order valence-electron chi connectivity index (χ4n) is 3.12. The number of hydrogen-bond acceptors (Lipinski definition) is 2. The summed E-state index contributed by atoms with van der Waals surface area (Å²) in [6, 6.07) is 14.2. The third kappa shape index (κ3) is 5.43. The Hall–Kier alpha value is -2.77. The number of aromatic carboxylic acids is 1. The normalized spacial score (nSPS) is 11.0. The summed E-state index contributed by atoms with van der Waals surface area (Å²) in [6.07, 6.45) is -3.64. The van der Waals surface area contributed by atoms with Crippen molar-refractivity contribution in [2.24, 2.45) is 5.73 Å². The first-order valence-electron chi connectivity index (χ1n) is 9.10. The second-order valence-corrected chi connectivity index (χ2v) is 6.98. The highest BCUT2D eigenvalue weighted by molar-refractivity contribution is 6.31. The van der Waals surface area contributed by atoms with Gasteiger partial charge in [0, 0.05) is 16.4 Å². The third-order valence-corrected chi connectivity index (χ3v) is 4.85. The number of aromatic nitrogens is 1. The van der Waals surface area contributed by atoms with Crippen molar-refractivity contribution in [3.8, 4) is 5.69 Å². The van der Waals surface area contributed by atoms with Gasteiger partial charge in [0.15, 0.2) is 0 Å². The molecule has 0 unspecified atom stereocenters. The molecule has 0 saturated heterocycles. The molecular weight excluding hydrogens is 417 g/mol. The Morgan fingerprint density at radius 2 is 1.70 bits per heavy atom. The molecule has 3 N–H and O–H groups in total. The minimum Gasteiger partial charge on any atom is -0.478 e. The van der Waals surface area contributed by atoms with E-state index in [1.807, 2.05) is 24.3 Å². The summed E-state index contributed by atoms with van der Waals surface area (Å²) >= 11 is 5.85. The molecule has 0 atom stereocenters. The van der Waals surface area contributed by atoms with Crippen LogP contribution in [0.3, 0.4) is 0 Å². The van der Waals surface area contributed by atoms with Crippen molar-refractivity contribution >= 4 is 17.6 Å². The highest BCUT2D eigenvalue weighted by Gasteiger charge is 2.34. The Balaban J connectivity index is 0.000000269. The van der Waals surface area contributed by atoms with Crippen molar-refractivity contribution in [3.63, 3.8) is 0 Å². The molecule has 1 heterocycles. The fourth-order valence-corrected chi connectivity index (χ4v) is 3.35. The number of alkyl halides is 3. The molecule has 3 aromatic rings. The van der Waals surface area contributed by atoms with E-state index in [-0.39, 0.29) is 16.9 Å². The zero-order valence-electron chi connectivity index (χ0n) is 16.5. The number of carboxylic acid groups (broad SMARTS) is 1. The van der Waals surface area contributed by atoms with Gasteiger partial charge >= 0.3 is 12.1 Å². The SMILES string of the molecule is Cc1cc(C(=O)O)c(C)n1-c1ccccc1C(F)(F)F.NCCc1ccccc1Cl. The highest BCUT2D eigenvalue weighted by atomic mass is 35.5. The summed E-state index contributed by atoms with van der Waals surface area (Å²) in [5.41, 5.74) is 6.35. The molecule has 0 saturated carbocycles. The summed E-state index contributed by atoms with van der Waals surface area (Å²) in [5, 5.41) is 9.86. The van der Waals surface area contributed by atoms with Crippen molar-refractivity contribution in [2.75, 3.05) is 6.54 Å². The van der Waals surface area contributed by atoms with Crippen LogP contribution in [0.15, 0.2) is 54.6 Å². The fraction of sp³-hybridized carbons (Fsp3) is 0.227. The van der Waals surface area contributed by atoms with Gasteiger partial charge in [-0.25, -0.2) is 4.79 Å². The lowest BCUT2D eigenvalue weighted by Crippen LogP contribution is -2.12. The predicted octanol–water partition coefficient (Wildman–Crippen LogP) is 5.65. The molecule has 0 aliphatic rings. The van der Waals surface area contributed by atoms with Crippen molar-refractivity contribution in [1.29, 1.82) is 0 Å². The smallest absolute Gasteiger partial charge is 0.418 e. The molecule has 0 aliphatic carbocycles. The van der Waals surface area contributed by atoms with E-state index >= 15 is 0 Å². The number of carbonyl (C=O) groups is 1. The van der Waals surface area contributed by atoms with Gasteiger partial charge in [0.2, 0.25) is 0 Å². The van der Waals surface area contributed by atoms with E-state index in [1.165, 1.54) is 35.8 Å². The Bertz CT molecular complexity index is 1030. The third-order valence-electron chi connectivity index (χ3n) is 4.48. The number of aryl methyl sites for hydroxylation is 1. The van der Waals surface area contributed by atoms with Crippen LogP contribution in [0.2, 0.25) is 5.02 Å². The number of rotatable bonds is 4. The maximum atomic E-state index is 13.0. The Labute approximate surface area is 177 Å². The van der Waals surface area contributed by atoms with Crippen LogP contribution in [0.25, 0.3) is 5.69 Å². The van der Waals surface area contributed by atoms with E-state index in [1.54, 1.807) is 6.92 Å². The van der Waals surface area contributed by atoms with Gasteiger partial charge in [0.25, 0.3) is 0 Å². The predicted molar refractivity (Wildman–Crippen MR) is 111 cm³/mol. The number of nitrogens with zero attached hydrogens (tertiary/aromatic N) is 1. The van der Waals surface area contributed by atoms with Crippen LogP contribution in [-0.2, 0) is 12.6 Å². The number of benzene rings is 2. The van der Waals surface area contributed by atoms with Gasteiger partial charge in [-0.3, -0.25) is 0 Å². The zero-order valence-corrected chi connectivity index (χ0v) is 17.3. The maximum absolute atomic E-state index is 13.0. The lowest BCUT2D eigenvalue weighted by Gasteiger charge is -2.16. The van der Waals surface area contributed by atoms with E-state index in [4.69, 9.17) is 22.4 Å². The van der Waals surface area contributed by atoms with Crippen LogP contribution in [0, 0.1) is 13.8 Å². The van der Waals surface area contributed by atoms with E-state index in [2.05, 4.69) is 0 Å². The standard InChI is InChI=1S/C14H12F3NO2.C8H10ClN/c1-8-7-10(13(19)20)9(2)18(8)12-6-4-3-5-11(12)14(15,16)17;9-8-4-2-1-3-7(8)5-6-10/h3-7H,1-2H3,(H,19,20);1-4H,5-6,10H2. The molecule has 0 spiro atoms. The van der Waals surface area contributed by atoms with Crippen LogP contribution in [0.1, 0.15) is 32.9 Å². The summed E-state index contributed by atoms with van der Waals surface area (Å²) < 4.78 is 40.4. The highest BCUT2D eigenvalue weighted by Crippen LogP contribution is 2.35. The van der Waals surface area contributed by atoms with Gasteiger partial charge in [-0.05, 0) is 56.6 Å². The molecule has 2 aromatic carbocycles. The number of carboxylic acids is 1. The van der Waals surface area contributed by atoms with E-state index in [0.717, 1.165) is 23.1 Å². The maximum Gasteiger partial charge on any atom is 0.418 e. The molecule has 0 fully saturated rings. The van der Waals surface area contributed by atoms with Crippen LogP contribution in [0.5, 0.6) is 0 Å². The molecule has 8 heteroatoms. The Kier molecular flexibility index (Phi) is 7.70. The van der Waals surface area contributed by atoms with Gasteiger partial charge in [-0.1, -0.05) is 41.9 Å². The Morgan fingerprint density at radius 1 is 1.10 bits per heavy atom. The molecule has 0 aliphatic heterocycles. The molecule has 1 aromatic heterocycles. The van der Waals surface area contributed by atoms with E-state index in [9.17, 15) is 18.0 Å². The minimum absolute atomic E-state index is 0.000484. The van der Waals surface area contributed by atoms with E-state index < -0.39 is 17.7 Å². The second kappa shape index (κ2) is 9.82.